The number of ether oxygens (including phenoxy) is 1. The summed E-state index contributed by atoms with van der Waals surface area (Å²) in [6.07, 6.45) is 1.83. The molecule has 2 fully saturated rings. The van der Waals surface area contributed by atoms with Crippen molar-refractivity contribution < 1.29 is 14.9 Å². The monoisotopic (exact) mass is 494 g/mol. The number of halogens is 1. The topological polar surface area (TPSA) is 117 Å². The fraction of sp³-hybridized carbons (Fsp3) is 0.389. The number of nitrogens with one attached hydrogen (secondary N) is 2. The van der Waals surface area contributed by atoms with Crippen LogP contribution in [0.15, 0.2) is 36.9 Å². The third-order valence-corrected chi connectivity index (χ3v) is 6.10. The number of hydrogen-bond donors (Lipinski definition) is 4. The van der Waals surface area contributed by atoms with Crippen molar-refractivity contribution in [2.75, 3.05) is 18.5 Å². The van der Waals surface area contributed by atoms with Crippen molar-refractivity contribution in [2.24, 2.45) is 0 Å². The van der Waals surface area contributed by atoms with Gasteiger partial charge in [-0.25, -0.2) is 15.0 Å². The summed E-state index contributed by atoms with van der Waals surface area (Å²) in [7, 11) is 0. The standard InChI is InChI=1S/C18H19IN6O3/c19-11-3-1-2-10(4-11)5-20-15-13-16(23-8-22-15)25(9-24-13)17-12-14(27)18(7-26,28-17)6-21-12/h1-4,8-9,12,14,17,21,26-27H,5-7H2,(H,20,22,23)/t12?,14?,17-,18+/m1/s1. The second-order valence-corrected chi connectivity index (χ2v) is 8.36. The lowest BCUT2D eigenvalue weighted by Gasteiger charge is -2.30. The maximum absolute atomic E-state index is 10.5. The Kier molecular flexibility index (Phi) is 4.47. The van der Waals surface area contributed by atoms with Gasteiger partial charge in [-0.2, -0.15) is 0 Å². The van der Waals surface area contributed by atoms with Gasteiger partial charge in [0.05, 0.1) is 19.0 Å². The second kappa shape index (κ2) is 6.88. The summed E-state index contributed by atoms with van der Waals surface area (Å²) >= 11 is 2.29. The van der Waals surface area contributed by atoms with E-state index in [1.807, 2.05) is 12.1 Å². The molecule has 0 radical (unpaired) electrons. The number of aromatic nitrogens is 4. The average Bonchev–Trinajstić information content (AvgIpc) is 3.36. The summed E-state index contributed by atoms with van der Waals surface area (Å²) in [5, 5.41) is 26.7. The Morgan fingerprint density at radius 1 is 1.36 bits per heavy atom. The van der Waals surface area contributed by atoms with Crippen molar-refractivity contribution in [3.63, 3.8) is 0 Å². The molecule has 5 rings (SSSR count). The molecule has 0 amide bonds. The van der Waals surface area contributed by atoms with Crippen molar-refractivity contribution in [3.8, 4) is 0 Å². The van der Waals surface area contributed by atoms with E-state index < -0.39 is 17.9 Å². The normalized spacial score (nSPS) is 28.9. The Morgan fingerprint density at radius 2 is 2.25 bits per heavy atom. The first-order chi connectivity index (χ1) is 13.6. The highest BCUT2D eigenvalue weighted by molar-refractivity contribution is 14.1. The first kappa shape index (κ1) is 18.2. The zero-order valence-electron chi connectivity index (χ0n) is 14.8. The third-order valence-electron chi connectivity index (χ3n) is 5.43. The van der Waals surface area contributed by atoms with Crippen LogP contribution in [-0.4, -0.2) is 60.6 Å². The molecule has 146 valence electrons. The summed E-state index contributed by atoms with van der Waals surface area (Å²) in [6, 6.07) is 7.89. The number of aliphatic hydroxyl groups excluding tert-OH is 2. The van der Waals surface area contributed by atoms with Gasteiger partial charge in [0.2, 0.25) is 0 Å². The van der Waals surface area contributed by atoms with Crippen molar-refractivity contribution in [2.45, 2.75) is 30.5 Å². The van der Waals surface area contributed by atoms with E-state index in [1.165, 1.54) is 9.90 Å². The second-order valence-electron chi connectivity index (χ2n) is 7.11. The molecule has 10 heteroatoms. The van der Waals surface area contributed by atoms with Gasteiger partial charge in [0, 0.05) is 16.7 Å². The van der Waals surface area contributed by atoms with Crippen LogP contribution in [-0.2, 0) is 11.3 Å². The Hall–Kier alpha value is -1.86. The zero-order valence-corrected chi connectivity index (χ0v) is 16.9. The van der Waals surface area contributed by atoms with E-state index in [9.17, 15) is 10.2 Å². The van der Waals surface area contributed by atoms with E-state index in [2.05, 4.69) is 60.3 Å². The molecule has 28 heavy (non-hydrogen) atoms. The van der Waals surface area contributed by atoms with Crippen LogP contribution in [0.2, 0.25) is 0 Å². The van der Waals surface area contributed by atoms with Crippen LogP contribution in [0.5, 0.6) is 0 Å². The Morgan fingerprint density at radius 3 is 3.04 bits per heavy atom. The maximum atomic E-state index is 10.5. The predicted molar refractivity (Wildman–Crippen MR) is 110 cm³/mol. The van der Waals surface area contributed by atoms with E-state index in [0.717, 1.165) is 5.56 Å². The van der Waals surface area contributed by atoms with Crippen LogP contribution < -0.4 is 10.6 Å². The molecular weight excluding hydrogens is 475 g/mol. The molecule has 1 aromatic carbocycles. The predicted octanol–water partition coefficient (Wildman–Crippen LogP) is 0.636. The number of morpholine rings is 1. The van der Waals surface area contributed by atoms with Crippen LogP contribution in [0.4, 0.5) is 5.82 Å². The van der Waals surface area contributed by atoms with Crippen LogP contribution in [0.1, 0.15) is 11.8 Å². The molecular formula is C18H19IN6O3. The summed E-state index contributed by atoms with van der Waals surface area (Å²) in [6.45, 7) is 0.779. The molecule has 2 saturated heterocycles. The SMILES string of the molecule is OC[C@@]12CNC(C1O)[C@H](n1cnc3c(NCc4cccc(I)c4)ncnc31)O2. The lowest BCUT2D eigenvalue weighted by molar-refractivity contribution is -0.130. The molecule has 4 N–H and O–H groups in total. The number of anilines is 1. The summed E-state index contributed by atoms with van der Waals surface area (Å²) in [5.74, 6) is 0.635. The summed E-state index contributed by atoms with van der Waals surface area (Å²) in [5.41, 5.74) is 1.41. The highest BCUT2D eigenvalue weighted by Gasteiger charge is 2.60. The lowest BCUT2D eigenvalue weighted by Crippen LogP contribution is -2.46. The van der Waals surface area contributed by atoms with E-state index in [4.69, 9.17) is 4.74 Å². The number of rotatable bonds is 5. The van der Waals surface area contributed by atoms with Crippen LogP contribution in [0.3, 0.4) is 0 Å². The molecule has 2 aliphatic rings. The number of imidazole rings is 1. The van der Waals surface area contributed by atoms with Gasteiger partial charge in [-0.3, -0.25) is 4.57 Å². The van der Waals surface area contributed by atoms with Gasteiger partial charge >= 0.3 is 0 Å². The minimum atomic E-state index is -0.982. The van der Waals surface area contributed by atoms with Gasteiger partial charge in [0.15, 0.2) is 23.2 Å². The van der Waals surface area contributed by atoms with Crippen molar-refractivity contribution in [1.82, 2.24) is 24.8 Å². The molecule has 4 heterocycles. The highest BCUT2D eigenvalue weighted by Crippen LogP contribution is 2.42. The Balaban J connectivity index is 1.43. The van der Waals surface area contributed by atoms with Gasteiger partial charge in [-0.15, -0.1) is 0 Å². The minimum Gasteiger partial charge on any atom is -0.393 e. The van der Waals surface area contributed by atoms with E-state index >= 15 is 0 Å². The van der Waals surface area contributed by atoms with Gasteiger partial charge in [-0.05, 0) is 40.3 Å². The fourth-order valence-corrected chi connectivity index (χ4v) is 4.54. The average molecular weight is 494 g/mol. The molecule has 0 aliphatic carbocycles. The molecule has 9 nitrogen and oxygen atoms in total. The van der Waals surface area contributed by atoms with E-state index in [1.54, 1.807) is 10.9 Å². The summed E-state index contributed by atoms with van der Waals surface area (Å²) in [4.78, 5) is 13.2. The fourth-order valence-electron chi connectivity index (χ4n) is 3.93. The number of nitrogens with zero attached hydrogens (tertiary/aromatic N) is 4. The largest absolute Gasteiger partial charge is 0.393 e. The third kappa shape index (κ3) is 2.78. The van der Waals surface area contributed by atoms with Crippen molar-refractivity contribution in [3.05, 3.63) is 46.1 Å². The molecule has 2 aromatic heterocycles. The summed E-state index contributed by atoms with van der Waals surface area (Å²) < 4.78 is 8.98. The number of benzene rings is 1. The van der Waals surface area contributed by atoms with Gasteiger partial charge in [-0.1, -0.05) is 12.1 Å². The number of hydrogen-bond acceptors (Lipinski definition) is 8. The van der Waals surface area contributed by atoms with Crippen molar-refractivity contribution >= 4 is 39.6 Å². The van der Waals surface area contributed by atoms with E-state index in [-0.39, 0.29) is 12.6 Å². The Labute approximate surface area is 174 Å². The number of aliphatic hydroxyl groups is 2. The zero-order chi connectivity index (χ0) is 19.3. The van der Waals surface area contributed by atoms with Crippen molar-refractivity contribution in [1.29, 1.82) is 0 Å². The smallest absolute Gasteiger partial charge is 0.167 e. The molecule has 2 aliphatic heterocycles. The molecule has 2 bridgehead atoms. The first-order valence-electron chi connectivity index (χ1n) is 8.97. The molecule has 2 unspecified atom stereocenters. The van der Waals surface area contributed by atoms with Crippen LogP contribution >= 0.6 is 22.6 Å². The Bertz CT molecular complexity index is 1030. The lowest BCUT2D eigenvalue weighted by atomic mass is 10.0. The number of fused-ring (bicyclic) bond motifs is 3. The van der Waals surface area contributed by atoms with Crippen LogP contribution in [0, 0.1) is 3.57 Å². The molecule has 0 spiro atoms. The maximum Gasteiger partial charge on any atom is 0.167 e. The molecule has 3 aromatic rings. The molecule has 4 atom stereocenters. The van der Waals surface area contributed by atoms with E-state index in [0.29, 0.717) is 30.1 Å². The highest BCUT2D eigenvalue weighted by atomic mass is 127. The minimum absolute atomic E-state index is 0.252. The van der Waals surface area contributed by atoms with Gasteiger partial charge in [0.1, 0.15) is 18.0 Å². The van der Waals surface area contributed by atoms with Gasteiger partial charge < -0.3 is 25.6 Å². The molecule has 0 saturated carbocycles. The van der Waals surface area contributed by atoms with Crippen LogP contribution in [0.25, 0.3) is 11.2 Å². The van der Waals surface area contributed by atoms with Gasteiger partial charge in [0.25, 0.3) is 0 Å². The first-order valence-corrected chi connectivity index (χ1v) is 10.1. The quantitative estimate of drug-likeness (QED) is 0.382.